The third-order valence-electron chi connectivity index (χ3n) is 4.24. The number of ether oxygens (including phenoxy) is 1. The van der Waals surface area contributed by atoms with Crippen molar-refractivity contribution in [1.82, 2.24) is 0 Å². The van der Waals surface area contributed by atoms with Gasteiger partial charge in [-0.3, -0.25) is 0 Å². The average Bonchev–Trinajstić information content (AvgIpc) is 2.46. The van der Waals surface area contributed by atoms with Crippen molar-refractivity contribution in [2.24, 2.45) is 11.8 Å². The number of benzene rings is 1. The summed E-state index contributed by atoms with van der Waals surface area (Å²) in [4.78, 5) is 10.7. The Labute approximate surface area is 130 Å². The SMILES string of the molecule is Cc1c(Br)cccc1OC1CCC(CC(C)C=O)CC1. The predicted octanol–water partition coefficient (Wildman–Crippen LogP) is 4.92. The van der Waals surface area contributed by atoms with E-state index in [0.29, 0.717) is 12.0 Å². The van der Waals surface area contributed by atoms with Gasteiger partial charge in [0.2, 0.25) is 0 Å². The molecule has 1 aliphatic rings. The molecule has 1 saturated carbocycles. The number of aldehydes is 1. The first-order valence-corrected chi connectivity index (χ1v) is 8.26. The van der Waals surface area contributed by atoms with E-state index in [1.54, 1.807) is 0 Å². The Morgan fingerprint density at radius 3 is 2.70 bits per heavy atom. The molecule has 1 aliphatic carbocycles. The fourth-order valence-corrected chi connectivity index (χ4v) is 3.31. The van der Waals surface area contributed by atoms with Crippen LogP contribution in [0, 0.1) is 18.8 Å². The molecular formula is C17H23BrO2. The summed E-state index contributed by atoms with van der Waals surface area (Å²) in [5, 5.41) is 0. The summed E-state index contributed by atoms with van der Waals surface area (Å²) in [5.41, 5.74) is 1.17. The zero-order valence-corrected chi connectivity index (χ0v) is 13.9. The zero-order chi connectivity index (χ0) is 14.5. The van der Waals surface area contributed by atoms with Crippen molar-refractivity contribution < 1.29 is 9.53 Å². The van der Waals surface area contributed by atoms with Crippen molar-refractivity contribution in [1.29, 1.82) is 0 Å². The Balaban J connectivity index is 1.85. The van der Waals surface area contributed by atoms with Crippen LogP contribution in [0.15, 0.2) is 22.7 Å². The van der Waals surface area contributed by atoms with Gasteiger partial charge in [0.25, 0.3) is 0 Å². The molecule has 0 N–H and O–H groups in total. The second-order valence-corrected chi connectivity index (χ2v) is 6.83. The van der Waals surface area contributed by atoms with E-state index in [4.69, 9.17) is 4.74 Å². The Kier molecular flexibility index (Phi) is 5.64. The monoisotopic (exact) mass is 338 g/mol. The van der Waals surface area contributed by atoms with Gasteiger partial charge >= 0.3 is 0 Å². The minimum Gasteiger partial charge on any atom is -0.490 e. The normalized spacial score (nSPS) is 24.1. The van der Waals surface area contributed by atoms with E-state index in [2.05, 4.69) is 22.9 Å². The van der Waals surface area contributed by atoms with Crippen LogP contribution in [-0.2, 0) is 4.79 Å². The highest BCUT2D eigenvalue weighted by Gasteiger charge is 2.24. The quantitative estimate of drug-likeness (QED) is 0.712. The standard InChI is InChI=1S/C17H23BrO2/c1-12(11-19)10-14-6-8-15(9-7-14)20-17-5-3-4-16(18)13(17)2/h3-5,11-12,14-15H,6-10H2,1-2H3. The van der Waals surface area contributed by atoms with Crippen LogP contribution < -0.4 is 4.74 Å². The second-order valence-electron chi connectivity index (χ2n) is 5.97. The summed E-state index contributed by atoms with van der Waals surface area (Å²) in [5.74, 6) is 1.88. The maximum Gasteiger partial charge on any atom is 0.123 e. The Morgan fingerprint density at radius 1 is 1.35 bits per heavy atom. The van der Waals surface area contributed by atoms with Crippen molar-refractivity contribution in [2.45, 2.75) is 52.1 Å². The van der Waals surface area contributed by atoms with E-state index >= 15 is 0 Å². The highest BCUT2D eigenvalue weighted by molar-refractivity contribution is 9.10. The Bertz CT molecular complexity index is 450. The zero-order valence-electron chi connectivity index (χ0n) is 12.3. The molecule has 0 radical (unpaired) electrons. The van der Waals surface area contributed by atoms with Crippen LogP contribution >= 0.6 is 15.9 Å². The highest BCUT2D eigenvalue weighted by atomic mass is 79.9. The van der Waals surface area contributed by atoms with Gasteiger partial charge in [0.05, 0.1) is 6.10 Å². The maximum atomic E-state index is 10.7. The Hall–Kier alpha value is -0.830. The molecule has 0 amide bonds. The van der Waals surface area contributed by atoms with Gasteiger partial charge in [-0.2, -0.15) is 0 Å². The molecule has 20 heavy (non-hydrogen) atoms. The van der Waals surface area contributed by atoms with Crippen LogP contribution in [-0.4, -0.2) is 12.4 Å². The summed E-state index contributed by atoms with van der Waals surface area (Å²) >= 11 is 3.54. The molecule has 3 heteroatoms. The first-order valence-electron chi connectivity index (χ1n) is 7.47. The number of carbonyl (C=O) groups excluding carboxylic acids is 1. The fourth-order valence-electron chi connectivity index (χ4n) is 2.96. The number of hydrogen-bond donors (Lipinski definition) is 0. The molecule has 1 atom stereocenters. The van der Waals surface area contributed by atoms with Crippen LogP contribution in [0.1, 0.15) is 44.6 Å². The van der Waals surface area contributed by atoms with Gasteiger partial charge in [0.15, 0.2) is 0 Å². The molecule has 0 spiro atoms. The number of hydrogen-bond acceptors (Lipinski definition) is 2. The lowest BCUT2D eigenvalue weighted by molar-refractivity contribution is -0.111. The molecule has 2 rings (SSSR count). The van der Waals surface area contributed by atoms with E-state index in [1.807, 2.05) is 25.1 Å². The van der Waals surface area contributed by atoms with E-state index in [-0.39, 0.29) is 5.92 Å². The van der Waals surface area contributed by atoms with Crippen molar-refractivity contribution in [3.8, 4) is 5.75 Å². The lowest BCUT2D eigenvalue weighted by Crippen LogP contribution is -2.25. The molecular weight excluding hydrogens is 316 g/mol. The number of halogens is 1. The fraction of sp³-hybridized carbons (Fsp3) is 0.588. The minimum absolute atomic E-state index is 0.199. The van der Waals surface area contributed by atoms with Gasteiger partial charge in [0.1, 0.15) is 12.0 Å². The van der Waals surface area contributed by atoms with Crippen molar-refractivity contribution in [3.05, 3.63) is 28.2 Å². The first-order chi connectivity index (χ1) is 9.60. The third kappa shape index (κ3) is 4.08. The number of rotatable bonds is 5. The summed E-state index contributed by atoms with van der Waals surface area (Å²) < 4.78 is 7.25. The minimum atomic E-state index is 0.199. The predicted molar refractivity (Wildman–Crippen MR) is 85.1 cm³/mol. The van der Waals surface area contributed by atoms with Crippen LogP contribution in [0.25, 0.3) is 0 Å². The van der Waals surface area contributed by atoms with Gasteiger partial charge in [-0.15, -0.1) is 0 Å². The summed E-state index contributed by atoms with van der Waals surface area (Å²) in [6, 6.07) is 6.10. The van der Waals surface area contributed by atoms with Gasteiger partial charge in [0, 0.05) is 16.0 Å². The van der Waals surface area contributed by atoms with Crippen LogP contribution in [0.2, 0.25) is 0 Å². The van der Waals surface area contributed by atoms with Crippen LogP contribution in [0.5, 0.6) is 5.75 Å². The summed E-state index contributed by atoms with van der Waals surface area (Å²) in [6.45, 7) is 4.09. The molecule has 1 aromatic carbocycles. The maximum absolute atomic E-state index is 10.7. The van der Waals surface area contributed by atoms with E-state index < -0.39 is 0 Å². The molecule has 0 aliphatic heterocycles. The summed E-state index contributed by atoms with van der Waals surface area (Å²) in [7, 11) is 0. The number of carbonyl (C=O) groups is 1. The molecule has 1 fully saturated rings. The average molecular weight is 339 g/mol. The molecule has 0 heterocycles. The lowest BCUT2D eigenvalue weighted by atomic mass is 9.82. The molecule has 110 valence electrons. The topological polar surface area (TPSA) is 26.3 Å². The third-order valence-corrected chi connectivity index (χ3v) is 5.10. The second kappa shape index (κ2) is 7.26. The molecule has 0 saturated heterocycles. The molecule has 0 aromatic heterocycles. The smallest absolute Gasteiger partial charge is 0.123 e. The van der Waals surface area contributed by atoms with Crippen molar-refractivity contribution in [3.63, 3.8) is 0 Å². The van der Waals surface area contributed by atoms with E-state index in [0.717, 1.165) is 35.8 Å². The van der Waals surface area contributed by atoms with Crippen LogP contribution in [0.3, 0.4) is 0 Å². The van der Waals surface area contributed by atoms with Crippen LogP contribution in [0.4, 0.5) is 0 Å². The lowest BCUT2D eigenvalue weighted by Gasteiger charge is -2.30. The van der Waals surface area contributed by atoms with Gasteiger partial charge in [-0.1, -0.05) is 28.9 Å². The Morgan fingerprint density at radius 2 is 2.05 bits per heavy atom. The molecule has 1 aromatic rings. The first kappa shape index (κ1) is 15.6. The van der Waals surface area contributed by atoms with Gasteiger partial charge in [-0.25, -0.2) is 0 Å². The van der Waals surface area contributed by atoms with Crippen molar-refractivity contribution >= 4 is 22.2 Å². The molecule has 0 bridgehead atoms. The molecule has 1 unspecified atom stereocenters. The largest absolute Gasteiger partial charge is 0.490 e. The summed E-state index contributed by atoms with van der Waals surface area (Å²) in [6.07, 6.45) is 6.99. The van der Waals surface area contributed by atoms with Gasteiger partial charge in [-0.05, 0) is 57.1 Å². The van der Waals surface area contributed by atoms with Crippen molar-refractivity contribution in [2.75, 3.05) is 0 Å². The molecule has 2 nitrogen and oxygen atoms in total. The highest BCUT2D eigenvalue weighted by Crippen LogP contribution is 2.33. The van der Waals surface area contributed by atoms with E-state index in [1.165, 1.54) is 18.4 Å². The van der Waals surface area contributed by atoms with Gasteiger partial charge < -0.3 is 9.53 Å². The van der Waals surface area contributed by atoms with E-state index in [9.17, 15) is 4.79 Å².